The maximum Gasteiger partial charge on any atom is 0.319 e. The van der Waals surface area contributed by atoms with Gasteiger partial charge in [-0.15, -0.1) is 0 Å². The topological polar surface area (TPSA) is 38.3 Å². The number of ether oxygens (including phenoxy) is 1. The van der Waals surface area contributed by atoms with Crippen LogP contribution in [0.15, 0.2) is 0 Å². The molecule has 1 saturated heterocycles. The van der Waals surface area contributed by atoms with Crippen molar-refractivity contribution in [3.8, 4) is 0 Å². The van der Waals surface area contributed by atoms with Crippen molar-refractivity contribution in [2.45, 2.75) is 24.5 Å². The number of thioether (sulfide) groups is 1. The zero-order chi connectivity index (χ0) is 9.73. The van der Waals surface area contributed by atoms with Crippen molar-refractivity contribution < 1.29 is 9.53 Å². The van der Waals surface area contributed by atoms with E-state index in [9.17, 15) is 4.79 Å². The van der Waals surface area contributed by atoms with Crippen molar-refractivity contribution in [3.63, 3.8) is 0 Å². The fourth-order valence-corrected chi connectivity index (χ4v) is 2.75. The van der Waals surface area contributed by atoms with Gasteiger partial charge >= 0.3 is 5.97 Å². The Bertz CT molecular complexity index is 178. The third-order valence-corrected chi connectivity index (χ3v) is 3.83. The maximum atomic E-state index is 10.8. The molecule has 1 fully saturated rings. The second-order valence-corrected chi connectivity index (χ2v) is 5.26. The van der Waals surface area contributed by atoms with E-state index in [0.717, 1.165) is 6.54 Å². The summed E-state index contributed by atoms with van der Waals surface area (Å²) >= 11 is 1.99. The molecule has 3 nitrogen and oxygen atoms in total. The van der Waals surface area contributed by atoms with Crippen LogP contribution in [-0.2, 0) is 9.53 Å². The number of methoxy groups -OCH3 is 1. The van der Waals surface area contributed by atoms with Gasteiger partial charge in [-0.1, -0.05) is 0 Å². The molecule has 1 unspecified atom stereocenters. The van der Waals surface area contributed by atoms with Gasteiger partial charge in [0.1, 0.15) is 0 Å². The van der Waals surface area contributed by atoms with E-state index in [1.54, 1.807) is 0 Å². The molecule has 0 aromatic carbocycles. The van der Waals surface area contributed by atoms with Crippen molar-refractivity contribution in [3.05, 3.63) is 0 Å². The lowest BCUT2D eigenvalue weighted by Crippen LogP contribution is -2.36. The van der Waals surface area contributed by atoms with Gasteiger partial charge in [-0.3, -0.25) is 4.79 Å². The second-order valence-electron chi connectivity index (χ2n) is 3.58. The van der Waals surface area contributed by atoms with Gasteiger partial charge in [0.15, 0.2) is 0 Å². The number of hydrogen-bond donors (Lipinski definition) is 1. The molecule has 0 amide bonds. The van der Waals surface area contributed by atoms with Gasteiger partial charge in [-0.05, 0) is 25.5 Å². The van der Waals surface area contributed by atoms with Crippen LogP contribution in [0.25, 0.3) is 0 Å². The van der Waals surface area contributed by atoms with Gasteiger partial charge in [0.25, 0.3) is 0 Å². The van der Waals surface area contributed by atoms with Crippen LogP contribution in [-0.4, -0.2) is 36.7 Å². The van der Waals surface area contributed by atoms with E-state index < -0.39 is 0 Å². The Morgan fingerprint density at radius 2 is 2.46 bits per heavy atom. The number of rotatable bonds is 4. The Morgan fingerprint density at radius 3 is 3.00 bits per heavy atom. The molecule has 1 rings (SSSR count). The summed E-state index contributed by atoms with van der Waals surface area (Å²) in [5, 5.41) is 3.12. The Hall–Kier alpha value is -0.220. The van der Waals surface area contributed by atoms with E-state index in [1.165, 1.54) is 25.7 Å². The van der Waals surface area contributed by atoms with Crippen molar-refractivity contribution in [2.75, 3.05) is 26.0 Å². The highest BCUT2D eigenvalue weighted by atomic mass is 32.2. The first-order valence-corrected chi connectivity index (χ1v) is 5.56. The summed E-state index contributed by atoms with van der Waals surface area (Å²) in [6, 6.07) is 0. The van der Waals surface area contributed by atoms with Gasteiger partial charge in [0.2, 0.25) is 0 Å². The molecule has 0 aromatic rings. The summed E-state index contributed by atoms with van der Waals surface area (Å²) < 4.78 is 4.87. The molecule has 76 valence electrons. The molecule has 1 heterocycles. The van der Waals surface area contributed by atoms with Crippen LogP contribution in [0, 0.1) is 0 Å². The smallest absolute Gasteiger partial charge is 0.319 e. The minimum Gasteiger partial charge on any atom is -0.468 e. The number of carbonyl (C=O) groups excluding carboxylic acids is 1. The molecule has 0 radical (unpaired) electrons. The minimum absolute atomic E-state index is 0.188. The van der Waals surface area contributed by atoms with E-state index in [-0.39, 0.29) is 5.97 Å². The lowest BCUT2D eigenvalue weighted by molar-refractivity contribution is -0.139. The maximum absolute atomic E-state index is 10.8. The highest BCUT2D eigenvalue weighted by Gasteiger charge is 2.28. The van der Waals surface area contributed by atoms with Crippen LogP contribution in [0.3, 0.4) is 0 Å². The summed E-state index contributed by atoms with van der Waals surface area (Å²) in [6.07, 6.45) is 2.53. The number of hydrogen-bond acceptors (Lipinski definition) is 4. The minimum atomic E-state index is -0.188. The van der Waals surface area contributed by atoms with Crippen molar-refractivity contribution in [2.24, 2.45) is 0 Å². The Kier molecular flexibility index (Phi) is 4.06. The highest BCUT2D eigenvalue weighted by molar-refractivity contribution is 8.00. The summed E-state index contributed by atoms with van der Waals surface area (Å²) in [6.45, 7) is 3.47. The van der Waals surface area contributed by atoms with Crippen LogP contribution in [0.4, 0.5) is 0 Å². The number of nitrogens with one attached hydrogen (secondary N) is 1. The van der Waals surface area contributed by atoms with E-state index in [1.807, 2.05) is 11.8 Å². The Balaban J connectivity index is 2.14. The van der Waals surface area contributed by atoms with Gasteiger partial charge in [0, 0.05) is 11.3 Å². The zero-order valence-electron chi connectivity index (χ0n) is 8.26. The predicted octanol–water partition coefficient (Wildman–Crippen LogP) is 1.03. The number of carbonyl (C=O) groups is 1. The summed E-state index contributed by atoms with van der Waals surface area (Å²) in [5.41, 5.74) is 0. The first-order chi connectivity index (χ1) is 6.16. The third kappa shape index (κ3) is 3.56. The second kappa shape index (κ2) is 4.86. The summed E-state index contributed by atoms with van der Waals surface area (Å²) in [7, 11) is 1.41. The average molecular weight is 203 g/mol. The summed E-state index contributed by atoms with van der Waals surface area (Å²) in [4.78, 5) is 10.8. The molecule has 1 N–H and O–H groups in total. The Morgan fingerprint density at radius 1 is 1.69 bits per heavy atom. The lowest BCUT2D eigenvalue weighted by atomic mass is 10.1. The molecule has 1 aliphatic rings. The molecule has 1 atom stereocenters. The largest absolute Gasteiger partial charge is 0.468 e. The van der Waals surface area contributed by atoms with Crippen molar-refractivity contribution in [1.82, 2.24) is 5.32 Å². The Labute approximate surface area is 83.6 Å². The first kappa shape index (κ1) is 10.9. The van der Waals surface area contributed by atoms with Crippen LogP contribution >= 0.6 is 11.8 Å². The molecule has 0 saturated carbocycles. The van der Waals surface area contributed by atoms with Crippen molar-refractivity contribution >= 4 is 17.7 Å². The first-order valence-electron chi connectivity index (χ1n) is 4.58. The normalized spacial score (nSPS) is 27.5. The van der Waals surface area contributed by atoms with Gasteiger partial charge in [-0.25, -0.2) is 0 Å². The van der Waals surface area contributed by atoms with Crippen molar-refractivity contribution in [1.29, 1.82) is 0 Å². The molecule has 0 aliphatic carbocycles. The quantitative estimate of drug-likeness (QED) is 0.693. The lowest BCUT2D eigenvalue weighted by Gasteiger charge is -2.22. The molecule has 1 aliphatic heterocycles. The molecular formula is C9H17NO2S. The average Bonchev–Trinajstić information content (AvgIpc) is 2.52. The highest BCUT2D eigenvalue weighted by Crippen LogP contribution is 2.36. The fourth-order valence-electron chi connectivity index (χ4n) is 1.48. The zero-order valence-corrected chi connectivity index (χ0v) is 9.08. The SMILES string of the molecule is COC(=O)CNCC1(C)CCCS1. The number of esters is 1. The van der Waals surface area contributed by atoms with Gasteiger partial charge in [0.05, 0.1) is 13.7 Å². The van der Waals surface area contributed by atoms with E-state index in [2.05, 4.69) is 17.0 Å². The fraction of sp³-hybridized carbons (Fsp3) is 0.889. The van der Waals surface area contributed by atoms with Crippen LogP contribution in [0.1, 0.15) is 19.8 Å². The molecule has 13 heavy (non-hydrogen) atoms. The van der Waals surface area contributed by atoms with Crippen LogP contribution in [0.5, 0.6) is 0 Å². The van der Waals surface area contributed by atoms with Gasteiger partial charge in [-0.2, -0.15) is 11.8 Å². The monoisotopic (exact) mass is 203 g/mol. The molecule has 0 spiro atoms. The van der Waals surface area contributed by atoms with Gasteiger partial charge < -0.3 is 10.1 Å². The molecule has 0 bridgehead atoms. The predicted molar refractivity (Wildman–Crippen MR) is 55.0 cm³/mol. The van der Waals surface area contributed by atoms with Crippen LogP contribution < -0.4 is 5.32 Å². The van der Waals surface area contributed by atoms with E-state index in [0.29, 0.717) is 11.3 Å². The van der Waals surface area contributed by atoms with E-state index in [4.69, 9.17) is 0 Å². The summed E-state index contributed by atoms with van der Waals surface area (Å²) in [5.74, 6) is 1.06. The molecule has 4 heteroatoms. The standard InChI is InChI=1S/C9H17NO2S/c1-9(4-3-5-13-9)7-10-6-8(11)12-2/h10H,3-7H2,1-2H3. The molecular weight excluding hydrogens is 186 g/mol. The third-order valence-electron chi connectivity index (χ3n) is 2.30. The van der Waals surface area contributed by atoms with E-state index >= 15 is 0 Å². The van der Waals surface area contributed by atoms with Crippen LogP contribution in [0.2, 0.25) is 0 Å². The molecule has 0 aromatic heterocycles.